The second-order valence-corrected chi connectivity index (χ2v) is 7.10. The first-order chi connectivity index (χ1) is 12.1. The molecule has 1 N–H and O–H groups in total. The molecule has 5 unspecified atom stereocenters. The van der Waals surface area contributed by atoms with E-state index in [1.54, 1.807) is 24.5 Å². The fourth-order valence-corrected chi connectivity index (χ4v) is 5.16. The molecule has 7 nitrogen and oxygen atoms in total. The summed E-state index contributed by atoms with van der Waals surface area (Å²) in [5.74, 6) is -1.24. The van der Waals surface area contributed by atoms with Crippen molar-refractivity contribution in [2.24, 2.45) is 21.7 Å². The normalized spacial score (nSPS) is 43.4. The van der Waals surface area contributed by atoms with Crippen LogP contribution in [-0.4, -0.2) is 22.5 Å². The summed E-state index contributed by atoms with van der Waals surface area (Å²) >= 11 is 0. The Hall–Kier alpha value is -2.77. The fraction of sp³-hybridized carbons (Fsp3) is 0.500. The lowest BCUT2D eigenvalue weighted by molar-refractivity contribution is -0.355. The molecular weight excluding hydrogens is 318 g/mol. The van der Waals surface area contributed by atoms with Crippen molar-refractivity contribution in [2.75, 3.05) is 0 Å². The summed E-state index contributed by atoms with van der Waals surface area (Å²) in [6.07, 6.45) is 5.73. The van der Waals surface area contributed by atoms with Gasteiger partial charge in [-0.25, -0.2) is 0 Å². The number of hydrogen-bond donors (Lipinski definition) is 1. The zero-order chi connectivity index (χ0) is 17.3. The third kappa shape index (κ3) is 1.35. The molecule has 6 rings (SSSR count). The summed E-state index contributed by atoms with van der Waals surface area (Å²) in [6.45, 7) is 0. The zero-order valence-corrected chi connectivity index (χ0v) is 13.4. The van der Waals surface area contributed by atoms with Crippen LogP contribution in [0.5, 0.6) is 0 Å². The first-order valence-electron chi connectivity index (χ1n) is 8.42. The zero-order valence-electron chi connectivity index (χ0n) is 13.4. The lowest BCUT2D eigenvalue weighted by Crippen LogP contribution is -2.72. The second kappa shape index (κ2) is 4.44. The number of hydrogen-bond acceptors (Lipinski definition) is 6. The lowest BCUT2D eigenvalue weighted by Gasteiger charge is -2.63. The fourth-order valence-electron chi connectivity index (χ4n) is 5.16. The highest BCUT2D eigenvalue weighted by Gasteiger charge is 2.83. The Morgan fingerprint density at radius 3 is 2.64 bits per heavy atom. The van der Waals surface area contributed by atoms with Gasteiger partial charge in [-0.05, 0) is 30.5 Å². The van der Waals surface area contributed by atoms with E-state index in [1.807, 2.05) is 0 Å². The van der Waals surface area contributed by atoms with Gasteiger partial charge in [0.05, 0.1) is 18.1 Å². The predicted molar refractivity (Wildman–Crippen MR) is 85.1 cm³/mol. The summed E-state index contributed by atoms with van der Waals surface area (Å²) < 4.78 is 12.5. The van der Waals surface area contributed by atoms with Crippen LogP contribution in [-0.2, 0) is 9.47 Å². The van der Waals surface area contributed by atoms with Gasteiger partial charge in [-0.2, -0.15) is 15.5 Å². The number of pyridine rings is 1. The van der Waals surface area contributed by atoms with E-state index in [1.165, 1.54) is 0 Å². The van der Waals surface area contributed by atoms with Crippen LogP contribution in [0.1, 0.15) is 37.4 Å². The smallest absolute Gasteiger partial charge is 0.218 e. The molecule has 0 amide bonds. The first kappa shape index (κ1) is 14.6. The Kier molecular flexibility index (Phi) is 2.59. The van der Waals surface area contributed by atoms with E-state index in [9.17, 15) is 10.5 Å². The Balaban J connectivity index is 1.82. The van der Waals surface area contributed by atoms with E-state index >= 15 is 0 Å². The minimum absolute atomic E-state index is 0.0670. The highest BCUT2D eigenvalue weighted by atomic mass is 16.7. The molecule has 5 atom stereocenters. The SMILES string of the molecule is N#CC12C3=NC(=N)C1(C#N)C1CCCCC1(O3)OC2c1ccncc1. The molecule has 25 heavy (non-hydrogen) atoms. The number of ether oxygens (including phenoxy) is 2. The van der Waals surface area contributed by atoms with Crippen LogP contribution in [0, 0.1) is 44.8 Å². The molecule has 1 saturated carbocycles. The number of nitriles is 2. The van der Waals surface area contributed by atoms with Crippen LogP contribution in [0.2, 0.25) is 0 Å². The summed E-state index contributed by atoms with van der Waals surface area (Å²) in [4.78, 5) is 8.28. The van der Waals surface area contributed by atoms with Crippen molar-refractivity contribution >= 4 is 11.7 Å². The van der Waals surface area contributed by atoms with E-state index < -0.39 is 22.7 Å². The molecular formula is C18H15N5O2. The number of fused-ring (bicyclic) bond motifs is 1. The van der Waals surface area contributed by atoms with Crippen molar-refractivity contribution in [1.82, 2.24) is 4.98 Å². The van der Waals surface area contributed by atoms with Gasteiger partial charge >= 0.3 is 0 Å². The summed E-state index contributed by atoms with van der Waals surface area (Å²) in [7, 11) is 0. The maximum Gasteiger partial charge on any atom is 0.218 e. The molecule has 4 bridgehead atoms. The molecule has 0 aromatic carbocycles. The average molecular weight is 333 g/mol. The van der Waals surface area contributed by atoms with E-state index in [-0.39, 0.29) is 17.7 Å². The van der Waals surface area contributed by atoms with Gasteiger partial charge in [0.2, 0.25) is 11.7 Å². The summed E-state index contributed by atoms with van der Waals surface area (Å²) in [5.41, 5.74) is -2.00. The van der Waals surface area contributed by atoms with Crippen molar-refractivity contribution in [1.29, 1.82) is 15.9 Å². The second-order valence-electron chi connectivity index (χ2n) is 7.10. The molecule has 1 aliphatic carbocycles. The Labute approximate surface area is 144 Å². The number of rotatable bonds is 1. The Morgan fingerprint density at radius 2 is 1.92 bits per heavy atom. The van der Waals surface area contributed by atoms with Crippen LogP contribution >= 0.6 is 0 Å². The predicted octanol–water partition coefficient (Wildman–Crippen LogP) is 2.48. The van der Waals surface area contributed by atoms with E-state index in [0.29, 0.717) is 12.8 Å². The average Bonchev–Trinajstić information content (AvgIpc) is 2.85. The molecule has 7 heteroatoms. The molecule has 3 saturated heterocycles. The van der Waals surface area contributed by atoms with Crippen LogP contribution < -0.4 is 0 Å². The molecule has 4 aliphatic heterocycles. The summed E-state index contributed by atoms with van der Waals surface area (Å²) in [5, 5.41) is 28.9. The molecule has 0 radical (unpaired) electrons. The molecule has 1 spiro atoms. The van der Waals surface area contributed by atoms with Crippen LogP contribution in [0.25, 0.3) is 0 Å². The third-order valence-electron chi connectivity index (χ3n) is 6.21. The summed E-state index contributed by atoms with van der Waals surface area (Å²) in [6, 6.07) is 8.21. The van der Waals surface area contributed by atoms with Crippen LogP contribution in [0.15, 0.2) is 29.5 Å². The Morgan fingerprint density at radius 1 is 1.16 bits per heavy atom. The molecule has 1 aromatic rings. The van der Waals surface area contributed by atoms with Gasteiger partial charge in [0.15, 0.2) is 10.8 Å². The van der Waals surface area contributed by atoms with Crippen molar-refractivity contribution in [3.63, 3.8) is 0 Å². The number of nitrogens with zero attached hydrogens (tertiary/aromatic N) is 4. The maximum atomic E-state index is 10.2. The quantitative estimate of drug-likeness (QED) is 0.847. The first-order valence-corrected chi connectivity index (χ1v) is 8.42. The monoisotopic (exact) mass is 333 g/mol. The lowest BCUT2D eigenvalue weighted by atomic mass is 9.48. The maximum absolute atomic E-state index is 10.2. The van der Waals surface area contributed by atoms with E-state index in [4.69, 9.17) is 14.9 Å². The third-order valence-corrected chi connectivity index (χ3v) is 6.21. The highest BCUT2D eigenvalue weighted by molar-refractivity contribution is 6.12. The van der Waals surface area contributed by atoms with Gasteiger partial charge in [0, 0.05) is 18.8 Å². The van der Waals surface area contributed by atoms with Gasteiger partial charge in [-0.15, -0.1) is 0 Å². The minimum Gasteiger partial charge on any atom is -0.447 e. The number of amidine groups is 1. The Bertz CT molecular complexity index is 900. The van der Waals surface area contributed by atoms with Crippen LogP contribution in [0.4, 0.5) is 0 Å². The number of nitrogens with one attached hydrogen (secondary N) is 1. The van der Waals surface area contributed by atoms with Gasteiger partial charge < -0.3 is 9.47 Å². The highest BCUT2D eigenvalue weighted by Crippen LogP contribution is 2.72. The molecule has 5 aliphatic rings. The van der Waals surface area contributed by atoms with E-state index in [2.05, 4.69) is 22.1 Å². The largest absolute Gasteiger partial charge is 0.447 e. The minimum atomic E-state index is -1.43. The van der Waals surface area contributed by atoms with Gasteiger partial charge in [0.1, 0.15) is 11.9 Å². The number of aliphatic imine (C=N–C) groups is 1. The van der Waals surface area contributed by atoms with Gasteiger partial charge in [-0.3, -0.25) is 10.4 Å². The van der Waals surface area contributed by atoms with Gasteiger partial charge in [0.25, 0.3) is 0 Å². The van der Waals surface area contributed by atoms with Crippen molar-refractivity contribution < 1.29 is 9.47 Å². The van der Waals surface area contributed by atoms with Gasteiger partial charge in [-0.1, -0.05) is 6.42 Å². The topological polar surface area (TPSA) is 115 Å². The van der Waals surface area contributed by atoms with Crippen molar-refractivity contribution in [3.05, 3.63) is 30.1 Å². The van der Waals surface area contributed by atoms with Crippen LogP contribution in [0.3, 0.4) is 0 Å². The molecule has 124 valence electrons. The molecule has 5 heterocycles. The molecule has 1 aromatic heterocycles. The van der Waals surface area contributed by atoms with Crippen molar-refractivity contribution in [2.45, 2.75) is 37.6 Å². The molecule has 4 fully saturated rings. The van der Waals surface area contributed by atoms with E-state index in [0.717, 1.165) is 18.4 Å². The number of aromatic nitrogens is 1. The standard InChI is InChI=1S/C18H15N5O2/c19-9-16-12-3-1-2-6-18(12)24-13(11-4-7-22-8-5-11)17(16,10-20)15(25-18)23-14(16)21/h4-5,7-8,12-13,21H,1-3,6H2. The van der Waals surface area contributed by atoms with Crippen molar-refractivity contribution in [3.8, 4) is 12.1 Å².